The molecule has 0 radical (unpaired) electrons. The first-order valence-corrected chi connectivity index (χ1v) is 11.7. The lowest BCUT2D eigenvalue weighted by molar-refractivity contribution is -0.755. The summed E-state index contributed by atoms with van der Waals surface area (Å²) in [6.45, 7) is 3.24. The molecule has 2 amide bonds. The highest BCUT2D eigenvalue weighted by Gasteiger charge is 2.56. The number of carbonyl (C=O) groups is 2. The van der Waals surface area contributed by atoms with E-state index in [1.165, 1.54) is 43.4 Å². The molecule has 1 aromatic rings. The second kappa shape index (κ2) is 7.06. The molecule has 0 spiro atoms. The van der Waals surface area contributed by atoms with Crippen LogP contribution in [-0.4, -0.2) is 49.7 Å². The summed E-state index contributed by atoms with van der Waals surface area (Å²) >= 11 is 0. The highest BCUT2D eigenvalue weighted by molar-refractivity contribution is 6.21. The van der Waals surface area contributed by atoms with Crippen molar-refractivity contribution in [1.29, 1.82) is 0 Å². The molecule has 6 heteroatoms. The van der Waals surface area contributed by atoms with E-state index in [-0.39, 0.29) is 23.4 Å². The first kappa shape index (κ1) is 18.8. The fourth-order valence-electron chi connectivity index (χ4n) is 7.50. The van der Waals surface area contributed by atoms with Crippen LogP contribution in [0.25, 0.3) is 0 Å². The SMILES string of the molecule is O=C1C[C@H]([NH2+]C23CC4CC(CC(C4)C2)C3)C(=O)N1c1ccc(N2CCOCC2)cc1. The molecule has 160 valence electrons. The second-order valence-corrected chi connectivity index (χ2v) is 10.4. The number of imide groups is 1. The molecule has 2 N–H and O–H groups in total. The van der Waals surface area contributed by atoms with Crippen LogP contribution in [0.2, 0.25) is 0 Å². The molecule has 6 aliphatic rings. The third-order valence-electron chi connectivity index (χ3n) is 8.31. The Labute approximate surface area is 177 Å². The maximum absolute atomic E-state index is 13.3. The zero-order chi connectivity index (χ0) is 20.3. The van der Waals surface area contributed by atoms with Crippen LogP contribution in [0.3, 0.4) is 0 Å². The number of rotatable bonds is 4. The van der Waals surface area contributed by atoms with Gasteiger partial charge in [-0.2, -0.15) is 0 Å². The van der Waals surface area contributed by atoms with E-state index in [2.05, 4.69) is 10.2 Å². The topological polar surface area (TPSA) is 66.5 Å². The molecular weight excluding hydrogens is 378 g/mol. The number of nitrogens with zero attached hydrogens (tertiary/aromatic N) is 2. The number of carbonyl (C=O) groups excluding carboxylic acids is 2. The lowest BCUT2D eigenvalue weighted by Gasteiger charge is -2.55. The smallest absolute Gasteiger partial charge is 0.292 e. The van der Waals surface area contributed by atoms with Crippen molar-refractivity contribution in [3.8, 4) is 0 Å². The molecule has 0 aromatic heterocycles. The number of benzene rings is 1. The Balaban J connectivity index is 1.17. The third kappa shape index (κ3) is 3.16. The van der Waals surface area contributed by atoms with Gasteiger partial charge in [-0.25, -0.2) is 4.90 Å². The van der Waals surface area contributed by atoms with E-state index in [1.807, 2.05) is 24.3 Å². The molecule has 7 rings (SSSR count). The summed E-state index contributed by atoms with van der Waals surface area (Å²) < 4.78 is 5.42. The summed E-state index contributed by atoms with van der Waals surface area (Å²) in [5, 5.41) is 2.33. The van der Waals surface area contributed by atoms with Crippen molar-refractivity contribution in [2.24, 2.45) is 17.8 Å². The van der Waals surface area contributed by atoms with Gasteiger partial charge in [-0.1, -0.05) is 0 Å². The highest BCUT2D eigenvalue weighted by Crippen LogP contribution is 2.54. The number of anilines is 2. The van der Waals surface area contributed by atoms with E-state index in [4.69, 9.17) is 4.74 Å². The van der Waals surface area contributed by atoms with Gasteiger partial charge in [0.1, 0.15) is 0 Å². The van der Waals surface area contributed by atoms with E-state index < -0.39 is 0 Å². The van der Waals surface area contributed by atoms with Gasteiger partial charge in [-0.3, -0.25) is 9.59 Å². The van der Waals surface area contributed by atoms with Crippen LogP contribution in [0.15, 0.2) is 24.3 Å². The molecule has 6 nitrogen and oxygen atoms in total. The molecule has 4 aliphatic carbocycles. The Morgan fingerprint density at radius 2 is 1.43 bits per heavy atom. The molecule has 1 aromatic carbocycles. The number of quaternary nitrogens is 1. The highest BCUT2D eigenvalue weighted by atomic mass is 16.5. The number of hydrogen-bond donors (Lipinski definition) is 1. The average molecular weight is 411 g/mol. The zero-order valence-electron chi connectivity index (χ0n) is 17.6. The Morgan fingerprint density at radius 1 is 0.867 bits per heavy atom. The minimum Gasteiger partial charge on any atom is -0.378 e. The van der Waals surface area contributed by atoms with Crippen molar-refractivity contribution >= 4 is 23.2 Å². The lowest BCUT2D eigenvalue weighted by atomic mass is 9.53. The van der Waals surface area contributed by atoms with Crippen LogP contribution in [-0.2, 0) is 14.3 Å². The van der Waals surface area contributed by atoms with E-state index in [0.717, 1.165) is 49.7 Å². The molecule has 1 atom stereocenters. The summed E-state index contributed by atoms with van der Waals surface area (Å²) in [7, 11) is 0. The summed E-state index contributed by atoms with van der Waals surface area (Å²) in [4.78, 5) is 29.8. The largest absolute Gasteiger partial charge is 0.378 e. The Bertz CT molecular complexity index is 810. The summed E-state index contributed by atoms with van der Waals surface area (Å²) in [5.74, 6) is 2.48. The molecule has 2 heterocycles. The van der Waals surface area contributed by atoms with Gasteiger partial charge in [0.25, 0.3) is 5.91 Å². The molecule has 2 saturated heterocycles. The van der Waals surface area contributed by atoms with Crippen molar-refractivity contribution in [1.82, 2.24) is 0 Å². The van der Waals surface area contributed by atoms with Crippen molar-refractivity contribution in [2.75, 3.05) is 36.1 Å². The van der Waals surface area contributed by atoms with Crippen molar-refractivity contribution in [3.63, 3.8) is 0 Å². The van der Waals surface area contributed by atoms with Crippen molar-refractivity contribution in [3.05, 3.63) is 24.3 Å². The number of hydrogen-bond acceptors (Lipinski definition) is 4. The minimum absolute atomic E-state index is 0.0186. The maximum atomic E-state index is 13.3. The molecule has 6 fully saturated rings. The Kier molecular flexibility index (Phi) is 4.43. The predicted octanol–water partition coefficient (Wildman–Crippen LogP) is 1.69. The van der Waals surface area contributed by atoms with E-state index in [0.29, 0.717) is 12.1 Å². The van der Waals surface area contributed by atoms with Gasteiger partial charge in [0, 0.05) is 38.0 Å². The average Bonchev–Trinajstić information content (AvgIpc) is 3.00. The predicted molar refractivity (Wildman–Crippen MR) is 113 cm³/mol. The lowest BCUT2D eigenvalue weighted by Crippen LogP contribution is -3.03. The van der Waals surface area contributed by atoms with Gasteiger partial charge < -0.3 is 15.0 Å². The molecule has 0 unspecified atom stereocenters. The number of nitrogens with two attached hydrogens (primary N) is 1. The zero-order valence-corrected chi connectivity index (χ0v) is 17.6. The normalized spacial score (nSPS) is 38.0. The monoisotopic (exact) mass is 410 g/mol. The summed E-state index contributed by atoms with van der Waals surface area (Å²) in [6, 6.07) is 7.66. The van der Waals surface area contributed by atoms with Crippen LogP contribution in [0.1, 0.15) is 44.9 Å². The molecule has 4 saturated carbocycles. The third-order valence-corrected chi connectivity index (χ3v) is 8.31. The van der Waals surface area contributed by atoms with E-state index in [1.54, 1.807) is 0 Å². The Hall–Kier alpha value is -1.92. The maximum Gasteiger partial charge on any atom is 0.292 e. The van der Waals surface area contributed by atoms with Gasteiger partial charge in [0.2, 0.25) is 5.91 Å². The van der Waals surface area contributed by atoms with Crippen LogP contribution < -0.4 is 15.1 Å². The van der Waals surface area contributed by atoms with Crippen molar-refractivity contribution < 1.29 is 19.6 Å². The fraction of sp³-hybridized carbons (Fsp3) is 0.667. The quantitative estimate of drug-likeness (QED) is 0.767. The fourth-order valence-corrected chi connectivity index (χ4v) is 7.50. The van der Waals surface area contributed by atoms with Crippen LogP contribution in [0.5, 0.6) is 0 Å². The molecular formula is C24H32N3O3+. The second-order valence-electron chi connectivity index (χ2n) is 10.4. The van der Waals surface area contributed by atoms with Gasteiger partial charge >= 0.3 is 0 Å². The van der Waals surface area contributed by atoms with Crippen LogP contribution in [0.4, 0.5) is 11.4 Å². The Morgan fingerprint density at radius 3 is 2.03 bits per heavy atom. The van der Waals surface area contributed by atoms with Gasteiger partial charge in [-0.15, -0.1) is 0 Å². The van der Waals surface area contributed by atoms with E-state index in [9.17, 15) is 9.59 Å². The van der Waals surface area contributed by atoms with Crippen molar-refractivity contribution in [2.45, 2.75) is 56.5 Å². The number of amides is 2. The molecule has 30 heavy (non-hydrogen) atoms. The molecule has 2 aliphatic heterocycles. The van der Waals surface area contributed by atoms with Crippen LogP contribution >= 0.6 is 0 Å². The van der Waals surface area contributed by atoms with Gasteiger partial charge in [-0.05, 0) is 61.3 Å². The van der Waals surface area contributed by atoms with E-state index >= 15 is 0 Å². The summed E-state index contributed by atoms with van der Waals surface area (Å²) in [5.41, 5.74) is 2.05. The first-order valence-electron chi connectivity index (χ1n) is 11.7. The minimum atomic E-state index is -0.243. The van der Waals surface area contributed by atoms with Gasteiger partial charge in [0.15, 0.2) is 6.04 Å². The number of morpholine rings is 1. The number of ether oxygens (including phenoxy) is 1. The first-order chi connectivity index (χ1) is 14.6. The standard InChI is InChI=1S/C24H31N3O3/c28-22-12-21(25-24-13-16-9-17(14-24)11-18(10-16)15-24)23(29)27(22)20-3-1-19(2-4-20)26-5-7-30-8-6-26/h1-4,16-18,21,25H,5-15H2/p+1/t16?,17?,18?,21-,24?/m0/s1. The van der Waals surface area contributed by atoms with Crippen LogP contribution in [0, 0.1) is 17.8 Å². The van der Waals surface area contributed by atoms with Gasteiger partial charge in [0.05, 0.1) is 30.9 Å². The molecule has 4 bridgehead atoms. The summed E-state index contributed by atoms with van der Waals surface area (Å²) in [6.07, 6.45) is 8.25.